The molecule has 0 amide bonds. The highest BCUT2D eigenvalue weighted by atomic mass is 79.9. The van der Waals surface area contributed by atoms with Crippen LogP contribution in [0.2, 0.25) is 0 Å². The van der Waals surface area contributed by atoms with Crippen LogP contribution in [0.5, 0.6) is 0 Å². The fourth-order valence-electron chi connectivity index (χ4n) is 8.12. The van der Waals surface area contributed by atoms with Gasteiger partial charge in [-0.2, -0.15) is 8.42 Å². The smallest absolute Gasteiger partial charge is 0.294 e. The summed E-state index contributed by atoms with van der Waals surface area (Å²) in [6.07, 6.45) is 0. The standard InChI is InChI=1S/C35H33O2S2.C21H19BrO2S.C7H8O3S/c1-26-10-20-32(21-11-26)39(33-22-12-27(2)13-23-33)34-24-16-29(17-25-34)35(36-3,37-4)28-14-18-31(19-15-28)38-30-8-6-5-7-9-30;1-23-21(24-2,16-8-12-18(22)13-9-16)17-10-14-20(15-11-17)25-19-6-4-3-5-7-19;1-6-2-4-7(5-3-6)11(8,9)10/h5-25H,1-4H3;3-15H,1-2H3;2-5H,1H3,(H,8,9,10)/q+1;;. The predicted octanol–water partition coefficient (Wildman–Crippen LogP) is 16.4. The molecule has 0 bridgehead atoms. The van der Waals surface area contributed by atoms with Crippen molar-refractivity contribution in [1.29, 1.82) is 0 Å². The summed E-state index contributed by atoms with van der Waals surface area (Å²) in [5.41, 5.74) is 7.29. The summed E-state index contributed by atoms with van der Waals surface area (Å²) in [6, 6.07) is 77.9. The van der Waals surface area contributed by atoms with E-state index in [9.17, 15) is 8.42 Å². The molecular weight excluding hydrogens is 1080 g/mol. The van der Waals surface area contributed by atoms with Gasteiger partial charge in [-0.15, -0.1) is 0 Å². The van der Waals surface area contributed by atoms with E-state index < -0.39 is 21.7 Å². The Labute approximate surface area is 462 Å². The van der Waals surface area contributed by atoms with E-state index in [2.05, 4.69) is 188 Å². The number of aryl methyl sites for hydroxylation is 3. The molecule has 0 aliphatic carbocycles. The van der Waals surface area contributed by atoms with Gasteiger partial charge in [-0.3, -0.25) is 4.55 Å². The second-order valence-corrected chi connectivity index (χ2v) is 23.8. The van der Waals surface area contributed by atoms with Gasteiger partial charge in [0.2, 0.25) is 11.6 Å². The highest BCUT2D eigenvalue weighted by molar-refractivity contribution is 9.10. The van der Waals surface area contributed by atoms with Crippen LogP contribution >= 0.6 is 39.5 Å². The predicted molar refractivity (Wildman–Crippen MR) is 310 cm³/mol. The van der Waals surface area contributed by atoms with Crippen LogP contribution in [0.15, 0.2) is 274 Å². The van der Waals surface area contributed by atoms with E-state index >= 15 is 0 Å². The van der Waals surface area contributed by atoms with E-state index in [0.29, 0.717) is 0 Å². The summed E-state index contributed by atoms with van der Waals surface area (Å²) in [6.45, 7) is 6.10. The van der Waals surface area contributed by atoms with Crippen LogP contribution < -0.4 is 0 Å². The highest BCUT2D eigenvalue weighted by Gasteiger charge is 2.37. The molecule has 0 aliphatic rings. The molecule has 0 aliphatic heterocycles. The molecule has 0 heterocycles. The lowest BCUT2D eigenvalue weighted by molar-refractivity contribution is -0.184. The minimum Gasteiger partial charge on any atom is -0.346 e. The van der Waals surface area contributed by atoms with Gasteiger partial charge in [0, 0.05) is 74.7 Å². The van der Waals surface area contributed by atoms with Crippen LogP contribution in [-0.4, -0.2) is 41.4 Å². The molecule has 0 atom stereocenters. The molecule has 9 aromatic carbocycles. The van der Waals surface area contributed by atoms with Gasteiger partial charge in [0.25, 0.3) is 10.1 Å². The van der Waals surface area contributed by atoms with Crippen molar-refractivity contribution in [2.75, 3.05) is 28.4 Å². The molecule has 0 unspecified atom stereocenters. The summed E-state index contributed by atoms with van der Waals surface area (Å²) in [5, 5.41) is 0. The van der Waals surface area contributed by atoms with E-state index in [1.54, 1.807) is 64.1 Å². The van der Waals surface area contributed by atoms with Gasteiger partial charge in [0.15, 0.2) is 14.7 Å². The number of rotatable bonds is 16. The third-order valence-corrected chi connectivity index (χ3v) is 17.8. The number of methoxy groups -OCH3 is 4. The van der Waals surface area contributed by atoms with E-state index in [4.69, 9.17) is 23.5 Å². The Kier molecular flexibility index (Phi) is 20.4. The maximum absolute atomic E-state index is 10.5. The van der Waals surface area contributed by atoms with Crippen LogP contribution in [0.25, 0.3) is 0 Å². The van der Waals surface area contributed by atoms with Crippen molar-refractivity contribution in [3.8, 4) is 0 Å². The van der Waals surface area contributed by atoms with Gasteiger partial charge >= 0.3 is 0 Å². The summed E-state index contributed by atoms with van der Waals surface area (Å²) in [7, 11) is 2.49. The van der Waals surface area contributed by atoms with E-state index in [1.807, 2.05) is 55.5 Å². The second kappa shape index (κ2) is 26.8. The molecule has 9 rings (SSSR count). The third-order valence-electron chi connectivity index (χ3n) is 12.1. The molecule has 9 aromatic rings. The van der Waals surface area contributed by atoms with E-state index in [-0.39, 0.29) is 15.8 Å². The summed E-state index contributed by atoms with van der Waals surface area (Å²) in [5.74, 6) is -1.92. The Balaban J connectivity index is 0.000000193. The van der Waals surface area contributed by atoms with Crippen molar-refractivity contribution in [2.24, 2.45) is 0 Å². The van der Waals surface area contributed by atoms with Crippen LogP contribution in [0, 0.1) is 20.8 Å². The zero-order valence-electron chi connectivity index (χ0n) is 42.8. The molecule has 75 heavy (non-hydrogen) atoms. The fourth-order valence-corrected chi connectivity index (χ4v) is 12.6. The molecule has 0 saturated carbocycles. The largest absolute Gasteiger partial charge is 0.346 e. The van der Waals surface area contributed by atoms with Crippen LogP contribution in [0.1, 0.15) is 38.9 Å². The summed E-state index contributed by atoms with van der Waals surface area (Å²) < 4.78 is 54.4. The molecular formula is C63H60BrO7S4+. The van der Waals surface area contributed by atoms with Gasteiger partial charge in [-0.25, -0.2) is 0 Å². The number of halogens is 1. The normalized spacial score (nSPS) is 11.5. The molecule has 0 spiro atoms. The Morgan fingerprint density at radius 1 is 0.387 bits per heavy atom. The van der Waals surface area contributed by atoms with Crippen LogP contribution in [0.3, 0.4) is 0 Å². The molecule has 12 heteroatoms. The molecule has 0 radical (unpaired) electrons. The Bertz CT molecular complexity index is 3220. The summed E-state index contributed by atoms with van der Waals surface area (Å²) in [4.78, 5) is 8.55. The van der Waals surface area contributed by atoms with Crippen molar-refractivity contribution in [1.82, 2.24) is 0 Å². The van der Waals surface area contributed by atoms with Crippen LogP contribution in [-0.2, 0) is 51.5 Å². The number of ether oxygens (including phenoxy) is 4. The maximum Gasteiger partial charge on any atom is 0.294 e. The molecule has 0 aromatic heterocycles. The maximum atomic E-state index is 10.5. The topological polar surface area (TPSA) is 91.3 Å². The molecule has 0 saturated heterocycles. The zero-order valence-corrected chi connectivity index (χ0v) is 47.7. The highest BCUT2D eigenvalue weighted by Crippen LogP contribution is 2.40. The Morgan fingerprint density at radius 3 is 0.960 bits per heavy atom. The van der Waals surface area contributed by atoms with E-state index in [0.717, 1.165) is 32.3 Å². The molecule has 384 valence electrons. The van der Waals surface area contributed by atoms with Crippen LogP contribution in [0.4, 0.5) is 0 Å². The first-order chi connectivity index (χ1) is 36.2. The summed E-state index contributed by atoms with van der Waals surface area (Å²) >= 11 is 6.94. The average Bonchev–Trinajstić information content (AvgIpc) is 3.43. The third kappa shape index (κ3) is 14.8. The lowest BCUT2D eigenvalue weighted by atomic mass is 9.97. The Hall–Kier alpha value is -5.74. The van der Waals surface area contributed by atoms with Crippen molar-refractivity contribution >= 4 is 60.5 Å². The minimum atomic E-state index is -4.02. The molecule has 0 fully saturated rings. The minimum absolute atomic E-state index is 0.0666. The second-order valence-electron chi connectivity index (χ2n) is 17.2. The Morgan fingerprint density at radius 2 is 0.653 bits per heavy atom. The first-order valence-electron chi connectivity index (χ1n) is 23.9. The van der Waals surface area contributed by atoms with Crippen molar-refractivity contribution < 1.29 is 31.9 Å². The van der Waals surface area contributed by atoms with Gasteiger partial charge < -0.3 is 18.9 Å². The molecule has 7 nitrogen and oxygen atoms in total. The van der Waals surface area contributed by atoms with Crippen molar-refractivity contribution in [3.63, 3.8) is 0 Å². The lowest BCUT2D eigenvalue weighted by Gasteiger charge is -2.32. The van der Waals surface area contributed by atoms with Gasteiger partial charge in [-0.05, 0) is 142 Å². The number of benzene rings is 9. The average molecular weight is 1140 g/mol. The number of hydrogen-bond donors (Lipinski definition) is 1. The van der Waals surface area contributed by atoms with Crippen molar-refractivity contribution in [3.05, 3.63) is 274 Å². The monoisotopic (exact) mass is 1140 g/mol. The van der Waals surface area contributed by atoms with Crippen molar-refractivity contribution in [2.45, 2.75) is 71.5 Å². The SMILES string of the molecule is COC(OC)(c1ccc(Br)cc1)c1ccc(Sc2ccccc2)cc1.COC(OC)(c1ccc(Sc2ccccc2)cc1)c1ccc([S+](c2ccc(C)cc2)c2ccc(C)cc2)cc1.Cc1ccc(S(=O)(=O)O)cc1. The van der Waals surface area contributed by atoms with Gasteiger partial charge in [0.05, 0.1) is 15.8 Å². The number of hydrogen-bond acceptors (Lipinski definition) is 8. The first kappa shape index (κ1) is 57.0. The van der Waals surface area contributed by atoms with Gasteiger partial charge in [-0.1, -0.05) is 165 Å². The first-order valence-corrected chi connectivity index (χ1v) is 28.9. The fraction of sp³-hybridized carbons (Fsp3) is 0.143. The quantitative estimate of drug-likeness (QED) is 0.0577. The van der Waals surface area contributed by atoms with Gasteiger partial charge in [0.1, 0.15) is 0 Å². The van der Waals surface area contributed by atoms with E-state index in [1.165, 1.54) is 57.5 Å². The lowest BCUT2D eigenvalue weighted by Crippen LogP contribution is -2.32. The zero-order chi connectivity index (χ0) is 53.4. The molecule has 1 N–H and O–H groups in total.